The number of aliphatic hydroxyl groups is 1. The minimum absolute atomic E-state index is 0.0415. The third kappa shape index (κ3) is 1.99. The molecule has 110 valence electrons. The molecule has 0 aromatic heterocycles. The van der Waals surface area contributed by atoms with Gasteiger partial charge in [0.1, 0.15) is 0 Å². The molecule has 1 fully saturated rings. The van der Waals surface area contributed by atoms with Crippen molar-refractivity contribution >= 4 is 0 Å². The molecule has 1 aromatic carbocycles. The van der Waals surface area contributed by atoms with Gasteiger partial charge in [-0.3, -0.25) is 0 Å². The number of rotatable bonds is 3. The van der Waals surface area contributed by atoms with Crippen LogP contribution in [0.5, 0.6) is 11.5 Å². The van der Waals surface area contributed by atoms with E-state index < -0.39 is 0 Å². The summed E-state index contributed by atoms with van der Waals surface area (Å²) in [5.74, 6) is 2.15. The lowest BCUT2D eigenvalue weighted by molar-refractivity contribution is -0.0932. The Morgan fingerprint density at radius 1 is 1.15 bits per heavy atom. The Morgan fingerprint density at radius 3 is 2.50 bits per heavy atom. The zero-order valence-corrected chi connectivity index (χ0v) is 12.4. The number of ether oxygens (including phenoxy) is 2. The van der Waals surface area contributed by atoms with Gasteiger partial charge in [0.05, 0.1) is 19.3 Å². The molecule has 2 aliphatic rings. The zero-order chi connectivity index (χ0) is 14.2. The summed E-state index contributed by atoms with van der Waals surface area (Å²) in [7, 11) is 0. The van der Waals surface area contributed by atoms with E-state index >= 15 is 0 Å². The molecule has 2 unspecified atom stereocenters. The molecule has 1 aromatic rings. The molecule has 3 nitrogen and oxygen atoms in total. The topological polar surface area (TPSA) is 38.7 Å². The molecule has 0 radical (unpaired) electrons. The van der Waals surface area contributed by atoms with Crippen LogP contribution in [0.1, 0.15) is 51.0 Å². The van der Waals surface area contributed by atoms with Crippen LogP contribution in [0, 0.1) is 5.41 Å². The van der Waals surface area contributed by atoms with Gasteiger partial charge in [0, 0.05) is 11.8 Å². The second-order valence-electron chi connectivity index (χ2n) is 6.00. The molecule has 3 rings (SSSR count). The van der Waals surface area contributed by atoms with Gasteiger partial charge < -0.3 is 14.6 Å². The Hall–Kier alpha value is -1.22. The normalized spacial score (nSPS) is 27.6. The average Bonchev–Trinajstić information content (AvgIpc) is 2.70. The van der Waals surface area contributed by atoms with Crippen molar-refractivity contribution in [3.8, 4) is 11.5 Å². The van der Waals surface area contributed by atoms with Crippen molar-refractivity contribution in [2.45, 2.75) is 51.6 Å². The predicted molar refractivity (Wildman–Crippen MR) is 78.4 cm³/mol. The first-order chi connectivity index (χ1) is 9.71. The zero-order valence-electron chi connectivity index (χ0n) is 12.4. The van der Waals surface area contributed by atoms with E-state index in [-0.39, 0.29) is 11.5 Å². The summed E-state index contributed by atoms with van der Waals surface area (Å²) < 4.78 is 11.5. The summed E-state index contributed by atoms with van der Waals surface area (Å²) in [6.07, 6.45) is 3.66. The smallest absolute Gasteiger partial charge is 0.161 e. The number of benzene rings is 1. The standard InChI is InChI=1S/C17H24O3/c1-3-17(4-2)13(11-16(17)18)12-6-7-14-15(10-12)20-9-5-8-19-14/h6-7,10,13,16,18H,3-5,8-9,11H2,1-2H3. The van der Waals surface area contributed by atoms with E-state index in [4.69, 9.17) is 9.47 Å². The quantitative estimate of drug-likeness (QED) is 0.918. The maximum Gasteiger partial charge on any atom is 0.161 e. The van der Waals surface area contributed by atoms with Crippen molar-refractivity contribution in [2.24, 2.45) is 5.41 Å². The van der Waals surface area contributed by atoms with Crippen LogP contribution in [0.2, 0.25) is 0 Å². The van der Waals surface area contributed by atoms with E-state index in [1.807, 2.05) is 6.07 Å². The lowest BCUT2D eigenvalue weighted by atomic mass is 9.53. The van der Waals surface area contributed by atoms with Crippen LogP contribution in [0.25, 0.3) is 0 Å². The van der Waals surface area contributed by atoms with Crippen molar-refractivity contribution in [2.75, 3.05) is 13.2 Å². The van der Waals surface area contributed by atoms with Crippen LogP contribution in [-0.4, -0.2) is 24.4 Å². The highest BCUT2D eigenvalue weighted by molar-refractivity contribution is 5.45. The lowest BCUT2D eigenvalue weighted by Gasteiger charge is -2.54. The maximum atomic E-state index is 10.2. The Morgan fingerprint density at radius 2 is 1.85 bits per heavy atom. The van der Waals surface area contributed by atoms with Crippen LogP contribution in [0.4, 0.5) is 0 Å². The van der Waals surface area contributed by atoms with Gasteiger partial charge >= 0.3 is 0 Å². The second-order valence-corrected chi connectivity index (χ2v) is 6.00. The summed E-state index contributed by atoms with van der Waals surface area (Å²) in [4.78, 5) is 0. The SMILES string of the molecule is CCC1(CC)C(O)CC1c1ccc2c(c1)OCCCO2. The minimum Gasteiger partial charge on any atom is -0.490 e. The molecule has 0 amide bonds. The van der Waals surface area contributed by atoms with E-state index in [1.54, 1.807) is 0 Å². The number of hydrogen-bond donors (Lipinski definition) is 1. The highest BCUT2D eigenvalue weighted by Crippen LogP contribution is 2.57. The number of hydrogen-bond acceptors (Lipinski definition) is 3. The van der Waals surface area contributed by atoms with E-state index in [0.717, 1.165) is 50.4 Å². The first-order valence-electron chi connectivity index (χ1n) is 7.79. The fraction of sp³-hybridized carbons (Fsp3) is 0.647. The third-order valence-electron chi connectivity index (χ3n) is 5.31. The summed E-state index contributed by atoms with van der Waals surface area (Å²) in [5, 5.41) is 10.2. The molecule has 0 saturated heterocycles. The first-order valence-corrected chi connectivity index (χ1v) is 7.79. The van der Waals surface area contributed by atoms with Gasteiger partial charge in [0.2, 0.25) is 0 Å². The summed E-state index contributed by atoms with van der Waals surface area (Å²) in [6.45, 7) is 5.81. The van der Waals surface area contributed by atoms with Crippen LogP contribution in [-0.2, 0) is 0 Å². The molecular formula is C17H24O3. The van der Waals surface area contributed by atoms with Gasteiger partial charge in [0.15, 0.2) is 11.5 Å². The van der Waals surface area contributed by atoms with Crippen molar-refractivity contribution in [1.82, 2.24) is 0 Å². The molecule has 1 aliphatic carbocycles. The van der Waals surface area contributed by atoms with Crippen molar-refractivity contribution < 1.29 is 14.6 Å². The molecule has 2 atom stereocenters. The van der Waals surface area contributed by atoms with Gasteiger partial charge in [-0.05, 0) is 42.9 Å². The van der Waals surface area contributed by atoms with E-state index in [0.29, 0.717) is 5.92 Å². The number of fused-ring (bicyclic) bond motifs is 1. The van der Waals surface area contributed by atoms with Gasteiger partial charge in [-0.1, -0.05) is 19.9 Å². The first kappa shape index (κ1) is 13.7. The monoisotopic (exact) mass is 276 g/mol. The molecule has 3 heteroatoms. The lowest BCUT2D eigenvalue weighted by Crippen LogP contribution is -2.50. The molecule has 1 aliphatic heterocycles. The number of aliphatic hydroxyl groups excluding tert-OH is 1. The third-order valence-corrected chi connectivity index (χ3v) is 5.31. The van der Waals surface area contributed by atoms with Gasteiger partial charge in [-0.2, -0.15) is 0 Å². The van der Waals surface area contributed by atoms with Gasteiger partial charge in [0.25, 0.3) is 0 Å². The molecular weight excluding hydrogens is 252 g/mol. The van der Waals surface area contributed by atoms with Crippen molar-refractivity contribution in [3.05, 3.63) is 23.8 Å². The summed E-state index contributed by atoms with van der Waals surface area (Å²) in [5.41, 5.74) is 1.32. The second kappa shape index (κ2) is 5.28. The Balaban J connectivity index is 1.90. The van der Waals surface area contributed by atoms with Gasteiger partial charge in [-0.25, -0.2) is 0 Å². The molecule has 0 bridgehead atoms. The molecule has 0 spiro atoms. The van der Waals surface area contributed by atoms with Crippen LogP contribution < -0.4 is 9.47 Å². The minimum atomic E-state index is -0.168. The predicted octanol–water partition coefficient (Wildman–Crippen LogP) is 3.50. The largest absolute Gasteiger partial charge is 0.490 e. The summed E-state index contributed by atoms with van der Waals surface area (Å²) in [6, 6.07) is 6.29. The van der Waals surface area contributed by atoms with Crippen LogP contribution >= 0.6 is 0 Å². The molecule has 1 N–H and O–H groups in total. The maximum absolute atomic E-state index is 10.2. The van der Waals surface area contributed by atoms with Gasteiger partial charge in [-0.15, -0.1) is 0 Å². The molecule has 20 heavy (non-hydrogen) atoms. The Labute approximate surface area is 120 Å². The summed E-state index contributed by atoms with van der Waals surface area (Å²) >= 11 is 0. The van der Waals surface area contributed by atoms with Crippen molar-refractivity contribution in [3.63, 3.8) is 0 Å². The fourth-order valence-corrected chi connectivity index (χ4v) is 3.84. The Kier molecular flexibility index (Phi) is 3.63. The average molecular weight is 276 g/mol. The van der Waals surface area contributed by atoms with E-state index in [9.17, 15) is 5.11 Å². The van der Waals surface area contributed by atoms with Crippen molar-refractivity contribution in [1.29, 1.82) is 0 Å². The van der Waals surface area contributed by atoms with E-state index in [2.05, 4.69) is 26.0 Å². The molecule has 1 heterocycles. The highest BCUT2D eigenvalue weighted by atomic mass is 16.5. The van der Waals surface area contributed by atoms with Crippen LogP contribution in [0.3, 0.4) is 0 Å². The van der Waals surface area contributed by atoms with Crippen LogP contribution in [0.15, 0.2) is 18.2 Å². The molecule has 1 saturated carbocycles. The fourth-order valence-electron chi connectivity index (χ4n) is 3.84. The highest BCUT2D eigenvalue weighted by Gasteiger charge is 2.52. The Bertz CT molecular complexity index is 479. The van der Waals surface area contributed by atoms with E-state index in [1.165, 1.54) is 5.56 Å².